The molecule has 1 aromatic rings. The molecule has 0 bridgehead atoms. The van der Waals surface area contributed by atoms with E-state index in [-0.39, 0.29) is 23.7 Å². The van der Waals surface area contributed by atoms with Crippen molar-refractivity contribution in [2.24, 2.45) is 0 Å². The maximum absolute atomic E-state index is 13.2. The molecule has 192 valence electrons. The van der Waals surface area contributed by atoms with E-state index in [4.69, 9.17) is 9.47 Å². The van der Waals surface area contributed by atoms with Gasteiger partial charge in [0.15, 0.2) is 0 Å². The maximum Gasteiger partial charge on any atom is 0.408 e. The average Bonchev–Trinajstić information content (AvgIpc) is 3.24. The summed E-state index contributed by atoms with van der Waals surface area (Å²) in [6.07, 6.45) is 5.14. The van der Waals surface area contributed by atoms with Gasteiger partial charge in [0, 0.05) is 25.1 Å². The summed E-state index contributed by atoms with van der Waals surface area (Å²) in [4.78, 5) is 49.8. The molecule has 0 radical (unpaired) electrons. The standard InChI is InChI=1S/C25H35N3O7/c1-5-6-7-8-9-10-21(26-24(31)35-25(2,3)4)22(29)27-16-15-20(17-27)34-23(30)18-11-13-19(14-12-18)28(32)33/h5,11-14,20-21H,1,6-10,15-17H2,2-4H3,(H,26,31)/t20?,21-/m0/s1. The number of unbranched alkanes of at least 4 members (excludes halogenated alkanes) is 3. The number of esters is 1. The Hall–Kier alpha value is -3.43. The number of hydrogen-bond donors (Lipinski definition) is 1. The molecule has 0 aliphatic carbocycles. The van der Waals surface area contributed by atoms with Crippen molar-refractivity contribution in [1.29, 1.82) is 0 Å². The zero-order chi connectivity index (χ0) is 26.0. The van der Waals surface area contributed by atoms with Gasteiger partial charge in [-0.05, 0) is 52.2 Å². The molecule has 1 saturated heterocycles. The molecule has 10 nitrogen and oxygen atoms in total. The molecule has 0 saturated carbocycles. The van der Waals surface area contributed by atoms with Crippen molar-refractivity contribution in [2.75, 3.05) is 13.1 Å². The number of nitrogens with zero attached hydrogens (tertiary/aromatic N) is 2. The summed E-state index contributed by atoms with van der Waals surface area (Å²) in [5, 5.41) is 13.5. The first-order valence-electron chi connectivity index (χ1n) is 11.8. The Morgan fingerprint density at radius 1 is 1.23 bits per heavy atom. The fraction of sp³-hybridized carbons (Fsp3) is 0.560. The average molecular weight is 490 g/mol. The van der Waals surface area contributed by atoms with Gasteiger partial charge in [0.1, 0.15) is 17.7 Å². The number of amides is 2. The van der Waals surface area contributed by atoms with E-state index in [2.05, 4.69) is 11.9 Å². The number of benzene rings is 1. The van der Waals surface area contributed by atoms with Gasteiger partial charge in [-0.25, -0.2) is 9.59 Å². The Morgan fingerprint density at radius 3 is 2.51 bits per heavy atom. The van der Waals surface area contributed by atoms with Gasteiger partial charge < -0.3 is 19.7 Å². The minimum atomic E-state index is -0.738. The van der Waals surface area contributed by atoms with E-state index < -0.39 is 34.7 Å². The minimum Gasteiger partial charge on any atom is -0.457 e. The van der Waals surface area contributed by atoms with Crippen LogP contribution in [0.5, 0.6) is 0 Å². The first-order valence-corrected chi connectivity index (χ1v) is 11.8. The van der Waals surface area contributed by atoms with Gasteiger partial charge in [0.25, 0.3) is 5.69 Å². The van der Waals surface area contributed by atoms with Crippen LogP contribution in [0.3, 0.4) is 0 Å². The number of carbonyl (C=O) groups excluding carboxylic acids is 3. The van der Waals surface area contributed by atoms with Gasteiger partial charge in [0.05, 0.1) is 17.0 Å². The fourth-order valence-corrected chi connectivity index (χ4v) is 3.70. The summed E-state index contributed by atoms with van der Waals surface area (Å²) < 4.78 is 10.8. The Bertz CT molecular complexity index is 909. The minimum absolute atomic E-state index is 0.118. The quantitative estimate of drug-likeness (QED) is 0.161. The molecule has 1 unspecified atom stereocenters. The number of rotatable bonds is 11. The second kappa shape index (κ2) is 12.9. The van der Waals surface area contributed by atoms with Gasteiger partial charge >= 0.3 is 12.1 Å². The van der Waals surface area contributed by atoms with Crippen molar-refractivity contribution in [3.63, 3.8) is 0 Å². The molecule has 1 fully saturated rings. The molecule has 1 aliphatic rings. The topological polar surface area (TPSA) is 128 Å². The van der Waals surface area contributed by atoms with Gasteiger partial charge in [-0.2, -0.15) is 0 Å². The zero-order valence-electron chi connectivity index (χ0n) is 20.7. The van der Waals surface area contributed by atoms with Gasteiger partial charge in [-0.15, -0.1) is 6.58 Å². The van der Waals surface area contributed by atoms with Crippen LogP contribution in [-0.2, 0) is 14.3 Å². The van der Waals surface area contributed by atoms with Crippen LogP contribution in [0, 0.1) is 10.1 Å². The molecular weight excluding hydrogens is 454 g/mol. The highest BCUT2D eigenvalue weighted by molar-refractivity contribution is 5.90. The third kappa shape index (κ3) is 9.38. The van der Waals surface area contributed by atoms with Crippen LogP contribution in [0.1, 0.15) is 69.7 Å². The largest absolute Gasteiger partial charge is 0.457 e. The molecule has 1 aliphatic heterocycles. The van der Waals surface area contributed by atoms with Crippen LogP contribution in [0.25, 0.3) is 0 Å². The number of nitrogens with one attached hydrogen (secondary N) is 1. The highest BCUT2D eigenvalue weighted by Gasteiger charge is 2.34. The molecular formula is C25H35N3O7. The first-order chi connectivity index (χ1) is 16.5. The zero-order valence-corrected chi connectivity index (χ0v) is 20.7. The first kappa shape index (κ1) is 27.8. The molecule has 2 atom stereocenters. The molecule has 2 rings (SSSR count). The summed E-state index contributed by atoms with van der Waals surface area (Å²) in [6, 6.07) is 4.42. The molecule has 10 heteroatoms. The molecule has 0 aromatic heterocycles. The van der Waals surface area contributed by atoms with Crippen LogP contribution >= 0.6 is 0 Å². The van der Waals surface area contributed by atoms with E-state index in [1.54, 1.807) is 25.7 Å². The third-order valence-corrected chi connectivity index (χ3v) is 5.43. The Labute approximate surface area is 205 Å². The molecule has 1 aromatic carbocycles. The fourth-order valence-electron chi connectivity index (χ4n) is 3.70. The van der Waals surface area contributed by atoms with Crippen LogP contribution in [-0.4, -0.2) is 58.6 Å². The van der Waals surface area contributed by atoms with Crippen LogP contribution < -0.4 is 5.32 Å². The molecule has 1 N–H and O–H groups in total. The van der Waals surface area contributed by atoms with Crippen molar-refractivity contribution in [1.82, 2.24) is 10.2 Å². The van der Waals surface area contributed by atoms with Crippen LogP contribution in [0.4, 0.5) is 10.5 Å². The van der Waals surface area contributed by atoms with Gasteiger partial charge in [-0.1, -0.05) is 18.9 Å². The lowest BCUT2D eigenvalue weighted by Gasteiger charge is -2.26. The number of allylic oxidation sites excluding steroid dienone is 1. The van der Waals surface area contributed by atoms with E-state index in [1.807, 2.05) is 6.08 Å². The highest BCUT2D eigenvalue weighted by Crippen LogP contribution is 2.19. The second-order valence-corrected chi connectivity index (χ2v) is 9.53. The maximum atomic E-state index is 13.2. The SMILES string of the molecule is C=CCCCCC[C@H](NC(=O)OC(C)(C)C)C(=O)N1CCC(OC(=O)c2ccc([N+](=O)[O-])cc2)C1. The van der Waals surface area contributed by atoms with E-state index >= 15 is 0 Å². The number of likely N-dealkylation sites (tertiary alicyclic amines) is 1. The highest BCUT2D eigenvalue weighted by atomic mass is 16.6. The number of hydrogen-bond acceptors (Lipinski definition) is 7. The third-order valence-electron chi connectivity index (χ3n) is 5.43. The summed E-state index contributed by atoms with van der Waals surface area (Å²) in [7, 11) is 0. The Morgan fingerprint density at radius 2 is 1.91 bits per heavy atom. The molecule has 2 amide bonds. The number of carbonyl (C=O) groups is 3. The molecule has 1 heterocycles. The predicted octanol–water partition coefficient (Wildman–Crippen LogP) is 4.38. The number of nitro groups is 1. The van der Waals surface area contributed by atoms with Crippen molar-refractivity contribution in [3.8, 4) is 0 Å². The molecule has 0 spiro atoms. The lowest BCUT2D eigenvalue weighted by molar-refractivity contribution is -0.384. The van der Waals surface area contributed by atoms with E-state index in [1.165, 1.54) is 24.3 Å². The summed E-state index contributed by atoms with van der Waals surface area (Å²) >= 11 is 0. The predicted molar refractivity (Wildman–Crippen MR) is 130 cm³/mol. The van der Waals surface area contributed by atoms with Gasteiger partial charge in [0.2, 0.25) is 5.91 Å². The van der Waals surface area contributed by atoms with Crippen LogP contribution in [0.15, 0.2) is 36.9 Å². The van der Waals surface area contributed by atoms with Crippen molar-refractivity contribution in [2.45, 2.75) is 77.0 Å². The van der Waals surface area contributed by atoms with E-state index in [0.717, 1.165) is 25.7 Å². The normalized spacial score (nSPS) is 16.3. The number of non-ortho nitro benzene ring substituents is 1. The number of nitro benzene ring substituents is 1. The summed E-state index contributed by atoms with van der Waals surface area (Å²) in [5.74, 6) is -0.849. The lowest BCUT2D eigenvalue weighted by Crippen LogP contribution is -2.49. The number of alkyl carbamates (subject to hydrolysis) is 1. The van der Waals surface area contributed by atoms with Crippen LogP contribution in [0.2, 0.25) is 0 Å². The van der Waals surface area contributed by atoms with Crippen molar-refractivity contribution >= 4 is 23.7 Å². The molecule has 35 heavy (non-hydrogen) atoms. The number of ether oxygens (including phenoxy) is 2. The van der Waals surface area contributed by atoms with Crippen molar-refractivity contribution in [3.05, 3.63) is 52.6 Å². The summed E-state index contributed by atoms with van der Waals surface area (Å²) in [6.45, 7) is 9.56. The van der Waals surface area contributed by atoms with E-state index in [9.17, 15) is 24.5 Å². The monoisotopic (exact) mass is 489 g/mol. The lowest BCUT2D eigenvalue weighted by atomic mass is 10.1. The summed E-state index contributed by atoms with van der Waals surface area (Å²) in [5.41, 5.74) is -0.608. The Kier molecular flexibility index (Phi) is 10.2. The van der Waals surface area contributed by atoms with Crippen molar-refractivity contribution < 1.29 is 28.8 Å². The van der Waals surface area contributed by atoms with E-state index in [0.29, 0.717) is 19.4 Å². The van der Waals surface area contributed by atoms with Gasteiger partial charge in [-0.3, -0.25) is 14.9 Å². The second-order valence-electron chi connectivity index (χ2n) is 9.53. The smallest absolute Gasteiger partial charge is 0.408 e. The Balaban J connectivity index is 1.95.